The van der Waals surface area contributed by atoms with Gasteiger partial charge in [0.05, 0.1) is 6.10 Å². The third-order valence-corrected chi connectivity index (χ3v) is 2.77. The van der Waals surface area contributed by atoms with Gasteiger partial charge in [0, 0.05) is 33.2 Å². The number of likely N-dealkylation sites (N-methyl/N-ethyl adjacent to an activating group) is 1. The monoisotopic (exact) mass is 250 g/mol. The molecule has 0 saturated carbocycles. The number of hydrogen-bond acceptors (Lipinski definition) is 3. The van der Waals surface area contributed by atoms with Gasteiger partial charge in [0.15, 0.2) is 0 Å². The molecule has 0 aromatic heterocycles. The molecule has 16 heavy (non-hydrogen) atoms. The first-order chi connectivity index (χ1) is 7.24. The van der Waals surface area contributed by atoms with Gasteiger partial charge in [-0.3, -0.25) is 4.79 Å². The van der Waals surface area contributed by atoms with Crippen LogP contribution in [0.2, 0.25) is 0 Å². The normalized spacial score (nSPS) is 20.0. The van der Waals surface area contributed by atoms with Gasteiger partial charge in [0.2, 0.25) is 5.91 Å². The maximum absolute atomic E-state index is 11.6. The molecule has 5 heteroatoms. The van der Waals surface area contributed by atoms with Crippen molar-refractivity contribution in [2.75, 3.05) is 33.8 Å². The molecule has 96 valence electrons. The van der Waals surface area contributed by atoms with Crippen LogP contribution in [0.3, 0.4) is 0 Å². The topological polar surface area (TPSA) is 41.6 Å². The Labute approximate surface area is 104 Å². The number of amides is 1. The molecule has 1 atom stereocenters. The van der Waals surface area contributed by atoms with Crippen LogP contribution in [0.15, 0.2) is 0 Å². The van der Waals surface area contributed by atoms with Crippen LogP contribution in [0, 0.1) is 0 Å². The van der Waals surface area contributed by atoms with Gasteiger partial charge < -0.3 is 15.0 Å². The van der Waals surface area contributed by atoms with E-state index in [1.54, 1.807) is 4.90 Å². The van der Waals surface area contributed by atoms with Gasteiger partial charge in [-0.15, -0.1) is 12.4 Å². The summed E-state index contributed by atoms with van der Waals surface area (Å²) in [6.07, 6.45) is 4.29. The summed E-state index contributed by atoms with van der Waals surface area (Å²) in [4.78, 5) is 13.4. The van der Waals surface area contributed by atoms with E-state index in [-0.39, 0.29) is 24.4 Å². The lowest BCUT2D eigenvalue weighted by atomic mass is 10.1. The lowest BCUT2D eigenvalue weighted by Gasteiger charge is -2.27. The molecule has 1 amide bonds. The number of ether oxygens (including phenoxy) is 1. The van der Waals surface area contributed by atoms with Gasteiger partial charge in [-0.05, 0) is 26.3 Å². The molecule has 0 aromatic rings. The van der Waals surface area contributed by atoms with Crippen LogP contribution >= 0.6 is 12.4 Å². The highest BCUT2D eigenvalue weighted by Crippen LogP contribution is 2.13. The highest BCUT2D eigenvalue weighted by molar-refractivity contribution is 5.85. The average Bonchev–Trinajstić information content (AvgIpc) is 2.27. The summed E-state index contributed by atoms with van der Waals surface area (Å²) in [6.45, 7) is 2.33. The first-order valence-corrected chi connectivity index (χ1v) is 5.74. The maximum atomic E-state index is 11.6. The molecule has 0 spiro atoms. The smallest absolute Gasteiger partial charge is 0.223 e. The second kappa shape index (κ2) is 8.79. The van der Waals surface area contributed by atoms with Crippen molar-refractivity contribution in [3.05, 3.63) is 0 Å². The predicted octanol–water partition coefficient (Wildman–Crippen LogP) is 1.05. The van der Waals surface area contributed by atoms with Crippen LogP contribution in [0.1, 0.15) is 25.7 Å². The van der Waals surface area contributed by atoms with Crippen molar-refractivity contribution in [2.45, 2.75) is 31.8 Å². The Morgan fingerprint density at radius 2 is 2.25 bits per heavy atom. The molecule has 0 aliphatic carbocycles. The van der Waals surface area contributed by atoms with Gasteiger partial charge in [-0.2, -0.15) is 0 Å². The van der Waals surface area contributed by atoms with Crippen molar-refractivity contribution in [1.29, 1.82) is 0 Å². The fourth-order valence-corrected chi connectivity index (χ4v) is 1.78. The van der Waals surface area contributed by atoms with Crippen LogP contribution in [0.5, 0.6) is 0 Å². The molecule has 4 nitrogen and oxygen atoms in total. The highest BCUT2D eigenvalue weighted by atomic mass is 35.5. The number of carbonyl (C=O) groups is 1. The molecule has 1 saturated heterocycles. The maximum Gasteiger partial charge on any atom is 0.223 e. The predicted molar refractivity (Wildman–Crippen MR) is 67.0 cm³/mol. The summed E-state index contributed by atoms with van der Waals surface area (Å²) in [5, 5.41) is 2.98. The number of nitrogens with zero attached hydrogens (tertiary/aromatic N) is 1. The average molecular weight is 251 g/mol. The molecule has 1 aliphatic rings. The lowest BCUT2D eigenvalue weighted by molar-refractivity contribution is -0.132. The first-order valence-electron chi connectivity index (χ1n) is 5.74. The molecule has 1 heterocycles. The van der Waals surface area contributed by atoms with E-state index in [0.29, 0.717) is 6.42 Å². The third-order valence-electron chi connectivity index (χ3n) is 2.77. The number of carbonyl (C=O) groups excluding carboxylic acids is 1. The summed E-state index contributed by atoms with van der Waals surface area (Å²) in [5.41, 5.74) is 0. The van der Waals surface area contributed by atoms with E-state index in [0.717, 1.165) is 32.5 Å². The second-order valence-electron chi connectivity index (χ2n) is 4.12. The van der Waals surface area contributed by atoms with Crippen molar-refractivity contribution in [3.63, 3.8) is 0 Å². The molecule has 1 unspecified atom stereocenters. The van der Waals surface area contributed by atoms with Crippen molar-refractivity contribution < 1.29 is 9.53 Å². The summed E-state index contributed by atoms with van der Waals surface area (Å²) in [6, 6.07) is 0. The Morgan fingerprint density at radius 3 is 2.81 bits per heavy atom. The molecule has 1 fully saturated rings. The number of nitrogens with one attached hydrogen (secondary N) is 1. The van der Waals surface area contributed by atoms with Crippen molar-refractivity contribution >= 4 is 18.3 Å². The van der Waals surface area contributed by atoms with Crippen molar-refractivity contribution in [3.8, 4) is 0 Å². The van der Waals surface area contributed by atoms with Crippen LogP contribution < -0.4 is 5.32 Å². The number of hydrogen-bond donors (Lipinski definition) is 1. The highest BCUT2D eigenvalue weighted by Gasteiger charge is 2.18. The molecule has 0 aromatic carbocycles. The van der Waals surface area contributed by atoms with Crippen LogP contribution in [-0.2, 0) is 9.53 Å². The van der Waals surface area contributed by atoms with E-state index >= 15 is 0 Å². The first kappa shape index (κ1) is 15.7. The van der Waals surface area contributed by atoms with E-state index in [2.05, 4.69) is 5.32 Å². The summed E-state index contributed by atoms with van der Waals surface area (Å²) >= 11 is 0. The summed E-state index contributed by atoms with van der Waals surface area (Å²) in [5.74, 6) is 0.193. The zero-order chi connectivity index (χ0) is 11.1. The molecular formula is C11H23ClN2O2. The largest absolute Gasteiger partial charge is 0.376 e. The van der Waals surface area contributed by atoms with Gasteiger partial charge in [-0.25, -0.2) is 0 Å². The van der Waals surface area contributed by atoms with Crippen LogP contribution in [0.4, 0.5) is 0 Å². The van der Waals surface area contributed by atoms with Gasteiger partial charge in [0.1, 0.15) is 0 Å². The van der Waals surface area contributed by atoms with Crippen LogP contribution in [-0.4, -0.2) is 50.7 Å². The van der Waals surface area contributed by atoms with Gasteiger partial charge >= 0.3 is 0 Å². The Hall–Kier alpha value is -0.320. The SMILES string of the molecule is CNCCC(=O)N(C)CC1CCCCO1.Cl. The van der Waals surface area contributed by atoms with E-state index in [1.807, 2.05) is 14.1 Å². The molecule has 0 bridgehead atoms. The van der Waals surface area contributed by atoms with Gasteiger partial charge in [-0.1, -0.05) is 0 Å². The minimum Gasteiger partial charge on any atom is -0.376 e. The number of halogens is 1. The van der Waals surface area contributed by atoms with Crippen LogP contribution in [0.25, 0.3) is 0 Å². The Bertz CT molecular complexity index is 196. The molecular weight excluding hydrogens is 228 g/mol. The number of rotatable bonds is 5. The van der Waals surface area contributed by atoms with E-state index < -0.39 is 0 Å². The van der Waals surface area contributed by atoms with E-state index in [9.17, 15) is 4.79 Å². The standard InChI is InChI=1S/C11H22N2O2.ClH/c1-12-7-6-11(14)13(2)9-10-5-3-4-8-15-10;/h10,12H,3-9H2,1-2H3;1H. The van der Waals surface area contributed by atoms with Gasteiger partial charge in [0.25, 0.3) is 0 Å². The summed E-state index contributed by atoms with van der Waals surface area (Å²) < 4.78 is 5.59. The summed E-state index contributed by atoms with van der Waals surface area (Å²) in [7, 11) is 3.72. The minimum absolute atomic E-state index is 0. The second-order valence-corrected chi connectivity index (χ2v) is 4.12. The van der Waals surface area contributed by atoms with Crippen molar-refractivity contribution in [1.82, 2.24) is 10.2 Å². The fourth-order valence-electron chi connectivity index (χ4n) is 1.78. The van der Waals surface area contributed by atoms with E-state index in [4.69, 9.17) is 4.74 Å². The van der Waals surface area contributed by atoms with Crippen molar-refractivity contribution in [2.24, 2.45) is 0 Å². The quantitative estimate of drug-likeness (QED) is 0.793. The minimum atomic E-state index is 0. The molecule has 0 radical (unpaired) electrons. The fraction of sp³-hybridized carbons (Fsp3) is 0.909. The Morgan fingerprint density at radius 1 is 1.50 bits per heavy atom. The zero-order valence-corrected chi connectivity index (χ0v) is 11.0. The molecule has 1 rings (SSSR count). The molecule has 1 aliphatic heterocycles. The molecule has 1 N–H and O–H groups in total. The van der Waals surface area contributed by atoms with E-state index in [1.165, 1.54) is 6.42 Å². The Kier molecular flexibility index (Phi) is 8.61. The zero-order valence-electron chi connectivity index (χ0n) is 10.2. The Balaban J connectivity index is 0.00000225. The third kappa shape index (κ3) is 5.68. The lowest BCUT2D eigenvalue weighted by Crippen LogP contribution is -2.37.